The van der Waals surface area contributed by atoms with Crippen LogP contribution in [0, 0.1) is 6.92 Å². The van der Waals surface area contributed by atoms with Crippen molar-refractivity contribution in [1.29, 1.82) is 0 Å². The Hall–Kier alpha value is -2.75. The molecule has 3 saturated heterocycles. The zero-order valence-electron chi connectivity index (χ0n) is 21.4. The van der Waals surface area contributed by atoms with Crippen molar-refractivity contribution in [2.75, 3.05) is 45.9 Å². The SMILES string of the molecule is Cc1ccc(C(=O)N2CC(N(CC3CCCO3)C(=O)c3cccs3)CC2C(=O)N2CCCNCC2)cc1. The second-order valence-electron chi connectivity index (χ2n) is 10.2. The largest absolute Gasteiger partial charge is 0.376 e. The van der Waals surface area contributed by atoms with Gasteiger partial charge in [0.25, 0.3) is 11.8 Å². The number of ether oxygens (including phenoxy) is 1. The number of nitrogens with one attached hydrogen (secondary N) is 1. The predicted molar refractivity (Wildman–Crippen MR) is 143 cm³/mol. The van der Waals surface area contributed by atoms with Gasteiger partial charge in [0, 0.05) is 44.9 Å². The fourth-order valence-corrected chi connectivity index (χ4v) is 6.26. The van der Waals surface area contributed by atoms with Gasteiger partial charge >= 0.3 is 0 Å². The van der Waals surface area contributed by atoms with E-state index in [9.17, 15) is 14.4 Å². The van der Waals surface area contributed by atoms with Crippen molar-refractivity contribution >= 4 is 29.1 Å². The molecule has 3 amide bonds. The third-order valence-electron chi connectivity index (χ3n) is 7.63. The van der Waals surface area contributed by atoms with Crippen molar-refractivity contribution in [3.8, 4) is 0 Å². The van der Waals surface area contributed by atoms with Crippen LogP contribution in [-0.2, 0) is 9.53 Å². The van der Waals surface area contributed by atoms with E-state index in [1.54, 1.807) is 4.90 Å². The van der Waals surface area contributed by atoms with Crippen LogP contribution in [0.3, 0.4) is 0 Å². The first-order chi connectivity index (χ1) is 18.0. The molecule has 1 aromatic heterocycles. The first kappa shape index (κ1) is 25.9. The highest BCUT2D eigenvalue weighted by atomic mass is 32.1. The van der Waals surface area contributed by atoms with Gasteiger partial charge in [-0.15, -0.1) is 11.3 Å². The van der Waals surface area contributed by atoms with Gasteiger partial charge in [0.1, 0.15) is 6.04 Å². The van der Waals surface area contributed by atoms with Gasteiger partial charge in [-0.1, -0.05) is 23.8 Å². The minimum Gasteiger partial charge on any atom is -0.376 e. The van der Waals surface area contributed by atoms with Crippen molar-refractivity contribution in [2.24, 2.45) is 0 Å². The Kier molecular flexibility index (Phi) is 8.22. The minimum atomic E-state index is -0.597. The molecule has 3 aliphatic heterocycles. The van der Waals surface area contributed by atoms with E-state index in [1.165, 1.54) is 11.3 Å². The van der Waals surface area contributed by atoms with Gasteiger partial charge in [-0.05, 0) is 62.7 Å². The number of rotatable bonds is 6. The Morgan fingerprint density at radius 2 is 1.95 bits per heavy atom. The quantitative estimate of drug-likeness (QED) is 0.629. The summed E-state index contributed by atoms with van der Waals surface area (Å²) in [5.74, 6) is -0.230. The maximum Gasteiger partial charge on any atom is 0.264 e. The third-order valence-corrected chi connectivity index (χ3v) is 8.49. The molecule has 1 aromatic carbocycles. The van der Waals surface area contributed by atoms with Gasteiger partial charge in [0.05, 0.1) is 17.0 Å². The standard InChI is InChI=1S/C28H36N4O4S/c1-20-7-9-21(10-8-20)26(33)32-18-22(17-24(32)27(34)30-13-4-11-29-12-14-30)31(19-23-5-2-15-36-23)28(35)25-6-3-16-37-25/h3,6-10,16,22-24,29H,2,4-5,11-15,17-19H2,1H3. The van der Waals surface area contributed by atoms with Crippen LogP contribution >= 0.6 is 11.3 Å². The number of hydrogen-bond donors (Lipinski definition) is 1. The molecule has 1 N–H and O–H groups in total. The molecular formula is C28H36N4O4S. The molecule has 3 unspecified atom stereocenters. The number of carbonyl (C=O) groups is 3. The van der Waals surface area contributed by atoms with Crippen LogP contribution in [0.25, 0.3) is 0 Å². The number of nitrogens with zero attached hydrogens (tertiary/aromatic N) is 3. The zero-order valence-corrected chi connectivity index (χ0v) is 22.3. The summed E-state index contributed by atoms with van der Waals surface area (Å²) in [7, 11) is 0. The van der Waals surface area contributed by atoms with E-state index in [0.29, 0.717) is 49.6 Å². The Morgan fingerprint density at radius 3 is 2.68 bits per heavy atom. The Bertz CT molecular complexity index is 1080. The van der Waals surface area contributed by atoms with Crippen LogP contribution in [0.4, 0.5) is 0 Å². The zero-order chi connectivity index (χ0) is 25.8. The lowest BCUT2D eigenvalue weighted by molar-refractivity contribution is -0.135. The van der Waals surface area contributed by atoms with Crippen molar-refractivity contribution in [2.45, 2.75) is 50.8 Å². The molecule has 0 spiro atoms. The minimum absolute atomic E-state index is 0.0170. The third kappa shape index (κ3) is 5.89. The first-order valence-electron chi connectivity index (χ1n) is 13.3. The maximum atomic E-state index is 13.8. The number of carbonyl (C=O) groups excluding carboxylic acids is 3. The Balaban J connectivity index is 1.43. The molecule has 3 atom stereocenters. The smallest absolute Gasteiger partial charge is 0.264 e. The van der Waals surface area contributed by atoms with Crippen LogP contribution in [0.1, 0.15) is 51.3 Å². The lowest BCUT2D eigenvalue weighted by atomic mass is 10.1. The van der Waals surface area contributed by atoms with E-state index in [4.69, 9.17) is 4.74 Å². The van der Waals surface area contributed by atoms with Gasteiger partial charge in [-0.25, -0.2) is 0 Å². The summed E-state index contributed by atoms with van der Waals surface area (Å²) in [5.41, 5.74) is 1.64. The normalized spacial score (nSPS) is 24.2. The van der Waals surface area contributed by atoms with E-state index in [-0.39, 0.29) is 29.9 Å². The van der Waals surface area contributed by atoms with E-state index in [1.807, 2.05) is 58.5 Å². The van der Waals surface area contributed by atoms with Crippen LogP contribution < -0.4 is 5.32 Å². The van der Waals surface area contributed by atoms with Gasteiger partial charge in [0.2, 0.25) is 5.91 Å². The monoisotopic (exact) mass is 524 g/mol. The van der Waals surface area contributed by atoms with Gasteiger partial charge in [-0.2, -0.15) is 0 Å². The molecule has 3 aliphatic rings. The first-order valence-corrected chi connectivity index (χ1v) is 14.2. The molecule has 3 fully saturated rings. The molecule has 5 rings (SSSR count). The number of benzene rings is 1. The van der Waals surface area contributed by atoms with Crippen molar-refractivity contribution < 1.29 is 19.1 Å². The molecule has 37 heavy (non-hydrogen) atoms. The number of likely N-dealkylation sites (tertiary alicyclic amines) is 1. The highest BCUT2D eigenvalue weighted by molar-refractivity contribution is 7.12. The summed E-state index contributed by atoms with van der Waals surface area (Å²) in [6.07, 6.45) is 3.20. The summed E-state index contributed by atoms with van der Waals surface area (Å²) in [6.45, 7) is 6.43. The second kappa shape index (κ2) is 11.8. The molecular weight excluding hydrogens is 488 g/mol. The summed E-state index contributed by atoms with van der Waals surface area (Å²) in [5, 5.41) is 5.25. The fraction of sp³-hybridized carbons (Fsp3) is 0.536. The summed E-state index contributed by atoms with van der Waals surface area (Å²) < 4.78 is 5.90. The van der Waals surface area contributed by atoms with Crippen molar-refractivity contribution in [1.82, 2.24) is 20.0 Å². The molecule has 198 valence electrons. The number of hydrogen-bond acceptors (Lipinski definition) is 6. The lowest BCUT2D eigenvalue weighted by Gasteiger charge is -2.31. The molecule has 0 bridgehead atoms. The summed E-state index contributed by atoms with van der Waals surface area (Å²) in [4.78, 5) is 47.4. The molecule has 9 heteroatoms. The van der Waals surface area contributed by atoms with E-state index >= 15 is 0 Å². The average Bonchev–Trinajstić information content (AvgIpc) is 3.67. The number of amides is 3. The molecule has 2 aromatic rings. The van der Waals surface area contributed by atoms with Crippen LogP contribution in [0.5, 0.6) is 0 Å². The molecule has 0 aliphatic carbocycles. The van der Waals surface area contributed by atoms with Gasteiger partial charge in [0.15, 0.2) is 0 Å². The predicted octanol–water partition coefficient (Wildman–Crippen LogP) is 2.78. The van der Waals surface area contributed by atoms with E-state index in [2.05, 4.69) is 5.32 Å². The fourth-order valence-electron chi connectivity index (χ4n) is 5.58. The van der Waals surface area contributed by atoms with E-state index < -0.39 is 6.04 Å². The molecule has 4 heterocycles. The maximum absolute atomic E-state index is 13.8. The topological polar surface area (TPSA) is 82.2 Å². The second-order valence-corrected chi connectivity index (χ2v) is 11.2. The van der Waals surface area contributed by atoms with E-state index in [0.717, 1.165) is 37.9 Å². The van der Waals surface area contributed by atoms with Gasteiger partial charge < -0.3 is 24.8 Å². The van der Waals surface area contributed by atoms with Crippen LogP contribution in [-0.4, -0.2) is 96.5 Å². The van der Waals surface area contributed by atoms with Crippen LogP contribution in [0.2, 0.25) is 0 Å². The molecule has 0 saturated carbocycles. The number of aryl methyl sites for hydroxylation is 1. The van der Waals surface area contributed by atoms with Crippen LogP contribution in [0.15, 0.2) is 41.8 Å². The average molecular weight is 525 g/mol. The summed E-state index contributed by atoms with van der Waals surface area (Å²) >= 11 is 1.42. The Labute approximate surface area is 222 Å². The molecule has 0 radical (unpaired) electrons. The highest BCUT2D eigenvalue weighted by Crippen LogP contribution is 2.29. The number of thiophene rings is 1. The van der Waals surface area contributed by atoms with Crippen molar-refractivity contribution in [3.63, 3.8) is 0 Å². The highest BCUT2D eigenvalue weighted by Gasteiger charge is 2.45. The molecule has 8 nitrogen and oxygen atoms in total. The van der Waals surface area contributed by atoms with Crippen molar-refractivity contribution in [3.05, 3.63) is 57.8 Å². The Morgan fingerprint density at radius 1 is 1.11 bits per heavy atom. The lowest BCUT2D eigenvalue weighted by Crippen LogP contribution is -2.48. The van der Waals surface area contributed by atoms with Gasteiger partial charge in [-0.3, -0.25) is 14.4 Å². The summed E-state index contributed by atoms with van der Waals surface area (Å²) in [6, 6.07) is 10.3.